The number of fused-ring (bicyclic) bond motifs is 1. The fourth-order valence-electron chi connectivity index (χ4n) is 6.67. The molecule has 5 aromatic rings. The van der Waals surface area contributed by atoms with E-state index in [-0.39, 0.29) is 23.8 Å². The molecular formula is C33H37N9O3. The molecule has 232 valence electrons. The predicted molar refractivity (Wildman–Crippen MR) is 169 cm³/mol. The third-order valence-corrected chi connectivity index (χ3v) is 8.89. The van der Waals surface area contributed by atoms with Crippen LogP contribution in [0.15, 0.2) is 64.8 Å². The molecule has 12 heteroatoms. The van der Waals surface area contributed by atoms with E-state index in [0.717, 1.165) is 84.2 Å². The summed E-state index contributed by atoms with van der Waals surface area (Å²) in [5.41, 5.74) is 6.81. The molecule has 2 aliphatic rings. The number of hydrogen-bond acceptors (Lipinski definition) is 9. The smallest absolute Gasteiger partial charge is 0.259 e. The second-order valence-electron chi connectivity index (χ2n) is 12.0. The van der Waals surface area contributed by atoms with E-state index in [0.29, 0.717) is 24.6 Å². The third-order valence-electron chi connectivity index (χ3n) is 8.89. The molecule has 1 unspecified atom stereocenters. The van der Waals surface area contributed by atoms with Crippen LogP contribution >= 0.6 is 0 Å². The summed E-state index contributed by atoms with van der Waals surface area (Å²) in [6.45, 7) is 4.64. The number of oxime groups is 1. The Labute approximate surface area is 260 Å². The summed E-state index contributed by atoms with van der Waals surface area (Å²) in [5, 5.41) is 23.1. The van der Waals surface area contributed by atoms with E-state index in [1.807, 2.05) is 34.2 Å². The van der Waals surface area contributed by atoms with Crippen molar-refractivity contribution in [3.8, 4) is 22.5 Å². The number of nitrogens with zero attached hydrogens (tertiary/aromatic N) is 8. The normalized spacial score (nSPS) is 20.0. The lowest BCUT2D eigenvalue weighted by Crippen LogP contribution is -2.35. The monoisotopic (exact) mass is 607 g/mol. The van der Waals surface area contributed by atoms with E-state index in [9.17, 15) is 4.79 Å². The SMILES string of the molecule is CCCc1c(Cc2ccc(-c3ccccc3-c3nnn[nH]3)cc2)c(=O)n([C@H]2CC[C@H](OCC3CC(C)=NO3)CC2)c2ncnn12. The van der Waals surface area contributed by atoms with Crippen LogP contribution in [0, 0.1) is 0 Å². The van der Waals surface area contributed by atoms with Gasteiger partial charge in [0.05, 0.1) is 24.1 Å². The lowest BCUT2D eigenvalue weighted by atomic mass is 9.92. The Balaban J connectivity index is 1.14. The van der Waals surface area contributed by atoms with E-state index in [4.69, 9.17) is 9.57 Å². The maximum atomic E-state index is 14.4. The minimum absolute atomic E-state index is 0.00375. The van der Waals surface area contributed by atoms with E-state index >= 15 is 0 Å². The number of hydrogen-bond donors (Lipinski definition) is 1. The van der Waals surface area contributed by atoms with Gasteiger partial charge >= 0.3 is 0 Å². The first kappa shape index (κ1) is 29.0. The lowest BCUT2D eigenvalue weighted by molar-refractivity contribution is -0.0447. The summed E-state index contributed by atoms with van der Waals surface area (Å²) in [4.78, 5) is 24.4. The van der Waals surface area contributed by atoms with Gasteiger partial charge in [0, 0.05) is 30.0 Å². The summed E-state index contributed by atoms with van der Waals surface area (Å²) < 4.78 is 9.98. The van der Waals surface area contributed by atoms with Crippen LogP contribution in [-0.4, -0.2) is 64.3 Å². The molecule has 4 heterocycles. The maximum Gasteiger partial charge on any atom is 0.259 e. The zero-order valence-electron chi connectivity index (χ0n) is 25.6. The Morgan fingerprint density at radius 2 is 1.84 bits per heavy atom. The molecule has 0 amide bonds. The van der Waals surface area contributed by atoms with Crippen molar-refractivity contribution in [1.29, 1.82) is 0 Å². The fraction of sp³-hybridized carbons (Fsp3) is 0.424. The highest BCUT2D eigenvalue weighted by atomic mass is 16.7. The Morgan fingerprint density at radius 3 is 2.56 bits per heavy atom. The average Bonchev–Trinajstić information content (AvgIpc) is 3.86. The van der Waals surface area contributed by atoms with Crippen LogP contribution in [0.5, 0.6) is 0 Å². The Morgan fingerprint density at radius 1 is 1.04 bits per heavy atom. The molecule has 0 saturated heterocycles. The largest absolute Gasteiger partial charge is 0.390 e. The quantitative estimate of drug-likeness (QED) is 0.236. The van der Waals surface area contributed by atoms with Crippen molar-refractivity contribution < 1.29 is 9.57 Å². The number of aromatic nitrogens is 8. The molecule has 1 fully saturated rings. The van der Waals surface area contributed by atoms with Crippen LogP contribution in [0.2, 0.25) is 0 Å². The molecule has 1 atom stereocenters. The minimum Gasteiger partial charge on any atom is -0.390 e. The molecular weight excluding hydrogens is 570 g/mol. The lowest BCUT2D eigenvalue weighted by Gasteiger charge is -2.31. The molecule has 0 spiro atoms. The van der Waals surface area contributed by atoms with Gasteiger partial charge in [0.1, 0.15) is 6.33 Å². The molecule has 7 rings (SSSR count). The van der Waals surface area contributed by atoms with Gasteiger partial charge in [-0.15, -0.1) is 5.10 Å². The molecule has 2 aromatic carbocycles. The number of aromatic amines is 1. The molecule has 3 aromatic heterocycles. The van der Waals surface area contributed by atoms with Gasteiger partial charge in [0.25, 0.3) is 5.56 Å². The van der Waals surface area contributed by atoms with Crippen molar-refractivity contribution in [1.82, 2.24) is 39.8 Å². The van der Waals surface area contributed by atoms with Gasteiger partial charge in [-0.2, -0.15) is 10.1 Å². The molecule has 1 N–H and O–H groups in total. The molecule has 0 bridgehead atoms. The molecule has 0 radical (unpaired) electrons. The van der Waals surface area contributed by atoms with Crippen molar-refractivity contribution in [3.05, 3.63) is 82.0 Å². The Kier molecular flexibility index (Phi) is 8.21. The van der Waals surface area contributed by atoms with Crippen LogP contribution in [0.1, 0.15) is 75.2 Å². The van der Waals surface area contributed by atoms with Crippen LogP contribution in [0.25, 0.3) is 28.3 Å². The topological polar surface area (TPSA) is 137 Å². The van der Waals surface area contributed by atoms with Gasteiger partial charge in [-0.25, -0.2) is 9.61 Å². The van der Waals surface area contributed by atoms with Crippen molar-refractivity contribution >= 4 is 11.5 Å². The number of aryl methyl sites for hydroxylation is 1. The first-order valence-corrected chi connectivity index (χ1v) is 15.8. The van der Waals surface area contributed by atoms with Gasteiger partial charge in [0.2, 0.25) is 5.78 Å². The second-order valence-corrected chi connectivity index (χ2v) is 12.0. The molecule has 1 aliphatic carbocycles. The van der Waals surface area contributed by atoms with Crippen molar-refractivity contribution in [2.24, 2.45) is 5.16 Å². The van der Waals surface area contributed by atoms with Gasteiger partial charge < -0.3 is 9.57 Å². The maximum absolute atomic E-state index is 14.4. The second kappa shape index (κ2) is 12.7. The zero-order chi connectivity index (χ0) is 30.8. The van der Waals surface area contributed by atoms with Crippen LogP contribution in [-0.2, 0) is 22.4 Å². The first-order chi connectivity index (χ1) is 22.1. The minimum atomic E-state index is 0.00375. The Bertz CT molecular complexity index is 1850. The highest BCUT2D eigenvalue weighted by Crippen LogP contribution is 2.32. The van der Waals surface area contributed by atoms with Gasteiger partial charge in [-0.3, -0.25) is 9.36 Å². The van der Waals surface area contributed by atoms with Crippen LogP contribution in [0.4, 0.5) is 0 Å². The van der Waals surface area contributed by atoms with E-state index in [2.05, 4.69) is 73.1 Å². The average molecular weight is 608 g/mol. The molecule has 45 heavy (non-hydrogen) atoms. The fourth-order valence-corrected chi connectivity index (χ4v) is 6.67. The van der Waals surface area contributed by atoms with Gasteiger partial charge in [-0.05, 0) is 66.1 Å². The first-order valence-electron chi connectivity index (χ1n) is 15.8. The predicted octanol–water partition coefficient (Wildman–Crippen LogP) is 4.95. The summed E-state index contributed by atoms with van der Waals surface area (Å²) in [7, 11) is 0. The zero-order valence-corrected chi connectivity index (χ0v) is 25.6. The van der Waals surface area contributed by atoms with Crippen molar-refractivity contribution in [2.75, 3.05) is 6.61 Å². The number of rotatable bonds is 10. The number of ether oxygens (including phenoxy) is 1. The highest BCUT2D eigenvalue weighted by molar-refractivity contribution is 5.82. The Hall–Kier alpha value is -4.71. The van der Waals surface area contributed by atoms with Crippen molar-refractivity contribution in [2.45, 2.75) is 83.5 Å². The summed E-state index contributed by atoms with van der Waals surface area (Å²) >= 11 is 0. The van der Waals surface area contributed by atoms with Crippen molar-refractivity contribution in [3.63, 3.8) is 0 Å². The van der Waals surface area contributed by atoms with Gasteiger partial charge in [0.15, 0.2) is 11.9 Å². The number of tetrazole rings is 1. The van der Waals surface area contributed by atoms with E-state index < -0.39 is 0 Å². The summed E-state index contributed by atoms with van der Waals surface area (Å²) in [6, 6.07) is 16.4. The van der Waals surface area contributed by atoms with Gasteiger partial charge in [-0.1, -0.05) is 67.0 Å². The third kappa shape index (κ3) is 5.89. The van der Waals surface area contributed by atoms with Crippen LogP contribution in [0.3, 0.4) is 0 Å². The molecule has 1 saturated carbocycles. The number of benzene rings is 2. The molecule has 12 nitrogen and oxygen atoms in total. The van der Waals surface area contributed by atoms with E-state index in [1.54, 1.807) is 6.33 Å². The molecule has 1 aliphatic heterocycles. The number of nitrogens with one attached hydrogen (secondary N) is 1. The van der Waals surface area contributed by atoms with E-state index in [1.165, 1.54) is 0 Å². The standard InChI is InChI=1S/C33H37N9O3/c1-3-6-30-29(18-22-9-11-23(12-10-22)27-7-4-5-8-28(27)31-36-39-40-37-31)32(43)41(33-34-20-35-42(30)33)24-13-15-25(16-14-24)44-19-26-17-21(2)38-45-26/h4-5,7-12,20,24-26H,3,6,13-19H2,1-2H3,(H,36,37,39,40)/t24-,25-,26?. The highest BCUT2D eigenvalue weighted by Gasteiger charge is 2.29. The summed E-state index contributed by atoms with van der Waals surface area (Å²) in [6.07, 6.45) is 8.13. The summed E-state index contributed by atoms with van der Waals surface area (Å²) in [5.74, 6) is 1.24. The number of H-pyrrole nitrogens is 1. The van der Waals surface area contributed by atoms with Crippen LogP contribution < -0.4 is 5.56 Å².